The minimum Gasteiger partial charge on any atom is -0.135 e. The summed E-state index contributed by atoms with van der Waals surface area (Å²) in [4.78, 5) is 0. The highest BCUT2D eigenvalue weighted by atomic mass is 32.1. The van der Waals surface area contributed by atoms with Crippen molar-refractivity contribution < 1.29 is 0 Å². The smallest absolute Gasteiger partial charge is 0.0361 e. The molecule has 0 aliphatic rings. The number of hydrogen-bond donors (Lipinski definition) is 0. The Morgan fingerprint density at radius 1 is 0.440 bits per heavy atom. The molecular formula is C24H16S. The average Bonchev–Trinajstić information content (AvgIpc) is 3.07. The molecule has 4 aromatic carbocycles. The lowest BCUT2D eigenvalue weighted by Crippen LogP contribution is -1.85. The van der Waals surface area contributed by atoms with Gasteiger partial charge in [-0.05, 0) is 34.4 Å². The van der Waals surface area contributed by atoms with E-state index in [0.717, 1.165) is 0 Å². The van der Waals surface area contributed by atoms with Crippen molar-refractivity contribution in [2.45, 2.75) is 0 Å². The largest absolute Gasteiger partial charge is 0.135 e. The van der Waals surface area contributed by atoms with Crippen LogP contribution in [0.4, 0.5) is 0 Å². The fourth-order valence-electron chi connectivity index (χ4n) is 3.59. The Morgan fingerprint density at radius 2 is 1.08 bits per heavy atom. The van der Waals surface area contributed by atoms with Gasteiger partial charge in [0.15, 0.2) is 0 Å². The summed E-state index contributed by atoms with van der Waals surface area (Å²) in [7, 11) is 0. The van der Waals surface area contributed by atoms with E-state index in [9.17, 15) is 0 Å². The Hall–Kier alpha value is -2.90. The summed E-state index contributed by atoms with van der Waals surface area (Å²) < 4.78 is 2.70. The second kappa shape index (κ2) is 5.87. The van der Waals surface area contributed by atoms with Crippen molar-refractivity contribution in [3.63, 3.8) is 0 Å². The molecule has 0 radical (unpaired) electrons. The third-order valence-corrected chi connectivity index (χ3v) is 5.84. The molecule has 0 bridgehead atoms. The minimum absolute atomic E-state index is 1.26. The van der Waals surface area contributed by atoms with Crippen LogP contribution in [0, 0.1) is 0 Å². The molecule has 0 unspecified atom stereocenters. The van der Waals surface area contributed by atoms with E-state index in [0.29, 0.717) is 0 Å². The van der Waals surface area contributed by atoms with Crippen LogP contribution in [-0.2, 0) is 0 Å². The molecule has 0 amide bonds. The summed E-state index contributed by atoms with van der Waals surface area (Å²) in [5.41, 5.74) is 5.15. The SMILES string of the molecule is c1ccc(-c2ccccc2-c2cccc3sc4ccccc4c23)cc1. The van der Waals surface area contributed by atoms with Crippen LogP contribution in [0.3, 0.4) is 0 Å². The Labute approximate surface area is 151 Å². The highest BCUT2D eigenvalue weighted by Crippen LogP contribution is 2.42. The van der Waals surface area contributed by atoms with E-state index in [1.165, 1.54) is 42.4 Å². The quantitative estimate of drug-likeness (QED) is 0.315. The summed E-state index contributed by atoms with van der Waals surface area (Å²) >= 11 is 1.87. The van der Waals surface area contributed by atoms with Gasteiger partial charge in [-0.2, -0.15) is 0 Å². The van der Waals surface area contributed by atoms with Gasteiger partial charge in [-0.1, -0.05) is 84.9 Å². The van der Waals surface area contributed by atoms with Crippen molar-refractivity contribution in [2.24, 2.45) is 0 Å². The maximum absolute atomic E-state index is 2.25. The average molecular weight is 336 g/mol. The number of thiophene rings is 1. The molecule has 0 aliphatic carbocycles. The highest BCUT2D eigenvalue weighted by molar-refractivity contribution is 7.25. The van der Waals surface area contributed by atoms with Gasteiger partial charge in [0.05, 0.1) is 0 Å². The third-order valence-electron chi connectivity index (χ3n) is 4.70. The van der Waals surface area contributed by atoms with Crippen molar-refractivity contribution in [2.75, 3.05) is 0 Å². The van der Waals surface area contributed by atoms with Gasteiger partial charge >= 0.3 is 0 Å². The molecule has 0 N–H and O–H groups in total. The lowest BCUT2D eigenvalue weighted by molar-refractivity contribution is 1.60. The molecule has 0 saturated carbocycles. The maximum Gasteiger partial charge on any atom is 0.0361 e. The van der Waals surface area contributed by atoms with E-state index in [2.05, 4.69) is 97.1 Å². The molecule has 118 valence electrons. The Bertz CT molecular complexity index is 1180. The first-order valence-electron chi connectivity index (χ1n) is 8.47. The van der Waals surface area contributed by atoms with E-state index >= 15 is 0 Å². The van der Waals surface area contributed by atoms with Crippen LogP contribution in [0.2, 0.25) is 0 Å². The molecular weight excluding hydrogens is 320 g/mol. The normalized spacial score (nSPS) is 11.2. The Kier molecular flexibility index (Phi) is 3.39. The van der Waals surface area contributed by atoms with Gasteiger partial charge < -0.3 is 0 Å². The van der Waals surface area contributed by atoms with Crippen LogP contribution in [0.15, 0.2) is 97.1 Å². The van der Waals surface area contributed by atoms with Gasteiger partial charge in [-0.3, -0.25) is 0 Å². The molecule has 0 fully saturated rings. The fraction of sp³-hybridized carbons (Fsp3) is 0. The summed E-state index contributed by atoms with van der Waals surface area (Å²) in [5, 5.41) is 2.72. The second-order valence-electron chi connectivity index (χ2n) is 6.19. The third kappa shape index (κ3) is 2.36. The Balaban J connectivity index is 1.86. The second-order valence-corrected chi connectivity index (χ2v) is 7.27. The lowest BCUT2D eigenvalue weighted by Gasteiger charge is -2.11. The van der Waals surface area contributed by atoms with Crippen LogP contribution in [-0.4, -0.2) is 0 Å². The molecule has 25 heavy (non-hydrogen) atoms. The van der Waals surface area contributed by atoms with E-state index < -0.39 is 0 Å². The maximum atomic E-state index is 2.25. The van der Waals surface area contributed by atoms with Crippen LogP contribution in [0.1, 0.15) is 0 Å². The van der Waals surface area contributed by atoms with Crippen molar-refractivity contribution in [3.8, 4) is 22.3 Å². The summed E-state index contributed by atoms with van der Waals surface area (Å²) in [6.45, 7) is 0. The molecule has 1 aromatic heterocycles. The van der Waals surface area contributed by atoms with Crippen LogP contribution in [0.5, 0.6) is 0 Å². The van der Waals surface area contributed by atoms with E-state index in [-0.39, 0.29) is 0 Å². The molecule has 0 saturated heterocycles. The molecule has 0 aliphatic heterocycles. The van der Waals surface area contributed by atoms with E-state index in [4.69, 9.17) is 0 Å². The topological polar surface area (TPSA) is 0 Å². The molecule has 0 atom stereocenters. The van der Waals surface area contributed by atoms with Crippen LogP contribution >= 0.6 is 11.3 Å². The zero-order valence-corrected chi connectivity index (χ0v) is 14.5. The van der Waals surface area contributed by atoms with Gasteiger partial charge in [0.1, 0.15) is 0 Å². The minimum atomic E-state index is 1.26. The highest BCUT2D eigenvalue weighted by Gasteiger charge is 2.13. The van der Waals surface area contributed by atoms with E-state index in [1.807, 2.05) is 11.3 Å². The number of rotatable bonds is 2. The predicted octanol–water partition coefficient (Wildman–Crippen LogP) is 7.39. The van der Waals surface area contributed by atoms with Gasteiger partial charge in [0.25, 0.3) is 0 Å². The van der Waals surface area contributed by atoms with Gasteiger partial charge in [-0.15, -0.1) is 11.3 Å². The fourth-order valence-corrected chi connectivity index (χ4v) is 4.72. The number of benzene rings is 4. The standard InChI is InChI=1S/C24H16S/c1-2-9-17(10-3-1)18-11-4-5-12-19(18)20-14-8-16-23-24(20)21-13-6-7-15-22(21)25-23/h1-16H. The first-order valence-corrected chi connectivity index (χ1v) is 9.28. The molecule has 5 aromatic rings. The monoisotopic (exact) mass is 336 g/mol. The van der Waals surface area contributed by atoms with Crippen LogP contribution in [0.25, 0.3) is 42.4 Å². The van der Waals surface area contributed by atoms with Crippen molar-refractivity contribution >= 4 is 31.5 Å². The zero-order chi connectivity index (χ0) is 16.6. The van der Waals surface area contributed by atoms with Gasteiger partial charge in [0.2, 0.25) is 0 Å². The molecule has 0 spiro atoms. The van der Waals surface area contributed by atoms with Gasteiger partial charge in [-0.25, -0.2) is 0 Å². The lowest BCUT2D eigenvalue weighted by atomic mass is 9.92. The summed E-state index contributed by atoms with van der Waals surface area (Å²) in [5.74, 6) is 0. The molecule has 1 heteroatoms. The zero-order valence-electron chi connectivity index (χ0n) is 13.6. The molecule has 0 nitrogen and oxygen atoms in total. The number of hydrogen-bond acceptors (Lipinski definition) is 1. The van der Waals surface area contributed by atoms with Crippen molar-refractivity contribution in [1.82, 2.24) is 0 Å². The van der Waals surface area contributed by atoms with Gasteiger partial charge in [0, 0.05) is 20.2 Å². The summed E-state index contributed by atoms with van der Waals surface area (Å²) in [6, 6.07) is 34.7. The molecule has 1 heterocycles. The first kappa shape index (κ1) is 14.4. The first-order chi connectivity index (χ1) is 12.4. The Morgan fingerprint density at radius 3 is 1.96 bits per heavy atom. The van der Waals surface area contributed by atoms with E-state index in [1.54, 1.807) is 0 Å². The van der Waals surface area contributed by atoms with Crippen LogP contribution < -0.4 is 0 Å². The number of fused-ring (bicyclic) bond motifs is 3. The van der Waals surface area contributed by atoms with Crippen molar-refractivity contribution in [3.05, 3.63) is 97.1 Å². The molecule has 5 rings (SSSR count). The predicted molar refractivity (Wildman–Crippen MR) is 110 cm³/mol. The van der Waals surface area contributed by atoms with Crippen molar-refractivity contribution in [1.29, 1.82) is 0 Å². The summed E-state index contributed by atoms with van der Waals surface area (Å²) in [6.07, 6.45) is 0.